The van der Waals surface area contributed by atoms with Crippen molar-refractivity contribution in [3.8, 4) is 5.88 Å². The molecular weight excluding hydrogens is 342 g/mol. The summed E-state index contributed by atoms with van der Waals surface area (Å²) in [6.45, 7) is 3.08. The first-order valence-electron chi connectivity index (χ1n) is 9.47. The van der Waals surface area contributed by atoms with E-state index in [1.807, 2.05) is 36.4 Å². The minimum Gasteiger partial charge on any atom is -0.481 e. The normalized spacial score (nSPS) is 24.9. The Hall–Kier alpha value is -2.60. The summed E-state index contributed by atoms with van der Waals surface area (Å²) in [7, 11) is 1.57. The van der Waals surface area contributed by atoms with E-state index in [1.165, 1.54) is 0 Å². The van der Waals surface area contributed by atoms with E-state index in [4.69, 9.17) is 9.47 Å². The maximum Gasteiger partial charge on any atom is 0.333 e. The second-order valence-corrected chi connectivity index (χ2v) is 7.19. The van der Waals surface area contributed by atoms with Crippen LogP contribution in [0.5, 0.6) is 5.88 Å². The van der Waals surface area contributed by atoms with E-state index in [9.17, 15) is 4.79 Å². The maximum atomic E-state index is 13.1. The Balaban J connectivity index is 1.53. The lowest BCUT2D eigenvalue weighted by molar-refractivity contribution is -0.159. The van der Waals surface area contributed by atoms with E-state index >= 15 is 0 Å². The van der Waals surface area contributed by atoms with Gasteiger partial charge in [0.1, 0.15) is 6.10 Å². The fourth-order valence-electron chi connectivity index (χ4n) is 3.92. The molecule has 1 aromatic carbocycles. The van der Waals surface area contributed by atoms with E-state index in [1.54, 1.807) is 19.4 Å². The van der Waals surface area contributed by atoms with Gasteiger partial charge in [0.2, 0.25) is 5.88 Å². The highest BCUT2D eigenvalue weighted by Gasteiger charge is 2.38. The molecule has 3 fully saturated rings. The van der Waals surface area contributed by atoms with Crippen molar-refractivity contribution in [3.05, 3.63) is 54.2 Å². The summed E-state index contributed by atoms with van der Waals surface area (Å²) < 4.78 is 11.1. The SMILES string of the molecule is COc1ccc(C(Nc2ccccc2)C(=O)OC2CN3CCC2CC3)cn1. The highest BCUT2D eigenvalue weighted by atomic mass is 16.5. The second-order valence-electron chi connectivity index (χ2n) is 7.19. The molecule has 3 aliphatic rings. The topological polar surface area (TPSA) is 63.7 Å². The van der Waals surface area contributed by atoms with Gasteiger partial charge in [-0.25, -0.2) is 9.78 Å². The molecule has 2 bridgehead atoms. The van der Waals surface area contributed by atoms with Gasteiger partial charge in [0.15, 0.2) is 6.04 Å². The molecule has 0 saturated carbocycles. The zero-order chi connectivity index (χ0) is 18.6. The lowest BCUT2D eigenvalue weighted by atomic mass is 9.86. The van der Waals surface area contributed by atoms with Gasteiger partial charge in [-0.3, -0.25) is 4.90 Å². The van der Waals surface area contributed by atoms with Crippen molar-refractivity contribution in [1.29, 1.82) is 0 Å². The van der Waals surface area contributed by atoms with Crippen molar-refractivity contribution in [2.24, 2.45) is 5.92 Å². The molecule has 142 valence electrons. The molecule has 5 rings (SSSR count). The molecule has 0 amide bonds. The number of piperidine rings is 3. The molecule has 0 aliphatic carbocycles. The first-order chi connectivity index (χ1) is 13.2. The summed E-state index contributed by atoms with van der Waals surface area (Å²) in [5, 5.41) is 3.30. The number of benzene rings is 1. The number of hydrogen-bond donors (Lipinski definition) is 1. The number of esters is 1. The number of methoxy groups -OCH3 is 1. The predicted octanol–water partition coefficient (Wildman–Crippen LogP) is 2.88. The number of anilines is 1. The van der Waals surface area contributed by atoms with Crippen molar-refractivity contribution in [3.63, 3.8) is 0 Å². The van der Waals surface area contributed by atoms with Gasteiger partial charge in [0.25, 0.3) is 0 Å². The molecule has 2 unspecified atom stereocenters. The van der Waals surface area contributed by atoms with Crippen LogP contribution in [0, 0.1) is 5.92 Å². The Bertz CT molecular complexity index is 758. The monoisotopic (exact) mass is 367 g/mol. The molecule has 3 saturated heterocycles. The van der Waals surface area contributed by atoms with E-state index in [2.05, 4.69) is 15.2 Å². The fraction of sp³-hybridized carbons (Fsp3) is 0.429. The van der Waals surface area contributed by atoms with Crippen LogP contribution in [0.3, 0.4) is 0 Å². The van der Waals surface area contributed by atoms with Gasteiger partial charge in [0.05, 0.1) is 7.11 Å². The number of hydrogen-bond acceptors (Lipinski definition) is 6. The molecule has 0 spiro atoms. The Morgan fingerprint density at radius 3 is 2.56 bits per heavy atom. The lowest BCUT2D eigenvalue weighted by Gasteiger charge is -2.44. The standard InChI is InChI=1S/C21H25N3O3/c1-26-19-8-7-16(13-22-19)20(23-17-5-3-2-4-6-17)21(25)27-18-14-24-11-9-15(18)10-12-24/h2-8,13,15,18,20,23H,9-12,14H2,1H3. The van der Waals surface area contributed by atoms with Gasteiger partial charge in [-0.15, -0.1) is 0 Å². The number of aromatic nitrogens is 1. The van der Waals surface area contributed by atoms with Crippen LogP contribution in [0.4, 0.5) is 5.69 Å². The average Bonchev–Trinajstić information content (AvgIpc) is 2.74. The van der Waals surface area contributed by atoms with Gasteiger partial charge in [-0.05, 0) is 50.0 Å². The number of para-hydroxylation sites is 1. The number of fused-ring (bicyclic) bond motifs is 3. The van der Waals surface area contributed by atoms with E-state index in [0.717, 1.165) is 43.7 Å². The van der Waals surface area contributed by atoms with Gasteiger partial charge in [0, 0.05) is 30.1 Å². The summed E-state index contributed by atoms with van der Waals surface area (Å²) in [5.74, 6) is 0.734. The highest BCUT2D eigenvalue weighted by Crippen LogP contribution is 2.31. The van der Waals surface area contributed by atoms with E-state index < -0.39 is 6.04 Å². The zero-order valence-electron chi connectivity index (χ0n) is 15.5. The first kappa shape index (κ1) is 17.8. The van der Waals surface area contributed by atoms with Gasteiger partial charge in [-0.1, -0.05) is 18.2 Å². The third kappa shape index (κ3) is 4.06. The number of nitrogens with zero attached hydrogens (tertiary/aromatic N) is 2. The van der Waals surface area contributed by atoms with Gasteiger partial charge >= 0.3 is 5.97 Å². The molecule has 6 nitrogen and oxygen atoms in total. The maximum absolute atomic E-state index is 13.1. The highest BCUT2D eigenvalue weighted by molar-refractivity contribution is 5.81. The molecule has 2 aromatic rings. The third-order valence-corrected chi connectivity index (χ3v) is 5.49. The summed E-state index contributed by atoms with van der Waals surface area (Å²) in [6.07, 6.45) is 3.86. The molecule has 1 N–H and O–H groups in total. The molecular formula is C21H25N3O3. The quantitative estimate of drug-likeness (QED) is 0.792. The Labute approximate surface area is 159 Å². The van der Waals surface area contributed by atoms with Crippen LogP contribution >= 0.6 is 0 Å². The van der Waals surface area contributed by atoms with Crippen molar-refractivity contribution < 1.29 is 14.3 Å². The average molecular weight is 367 g/mol. The minimum absolute atomic E-state index is 0.0220. The van der Waals surface area contributed by atoms with E-state index in [0.29, 0.717) is 11.8 Å². The van der Waals surface area contributed by atoms with Crippen LogP contribution in [0.1, 0.15) is 24.4 Å². The Kier molecular flexibility index (Phi) is 5.25. The Morgan fingerprint density at radius 2 is 1.96 bits per heavy atom. The smallest absolute Gasteiger partial charge is 0.333 e. The van der Waals surface area contributed by atoms with Crippen molar-refractivity contribution in [1.82, 2.24) is 9.88 Å². The predicted molar refractivity (Wildman–Crippen MR) is 103 cm³/mol. The number of pyridine rings is 1. The first-order valence-corrected chi connectivity index (χ1v) is 9.47. The Morgan fingerprint density at radius 1 is 1.19 bits per heavy atom. The van der Waals surface area contributed by atoms with Gasteiger partial charge < -0.3 is 14.8 Å². The van der Waals surface area contributed by atoms with E-state index in [-0.39, 0.29) is 12.1 Å². The second kappa shape index (κ2) is 7.96. The molecule has 0 radical (unpaired) electrons. The fourth-order valence-corrected chi connectivity index (χ4v) is 3.92. The van der Waals surface area contributed by atoms with Crippen molar-refractivity contribution >= 4 is 11.7 Å². The number of rotatable bonds is 6. The van der Waals surface area contributed by atoms with Crippen molar-refractivity contribution in [2.75, 3.05) is 32.1 Å². The molecule has 1 aromatic heterocycles. The molecule has 2 atom stereocenters. The summed E-state index contributed by atoms with van der Waals surface area (Å²) in [6, 6.07) is 12.7. The zero-order valence-corrected chi connectivity index (χ0v) is 15.5. The molecule has 27 heavy (non-hydrogen) atoms. The van der Waals surface area contributed by atoms with Crippen LogP contribution in [-0.2, 0) is 9.53 Å². The summed E-state index contributed by atoms with van der Waals surface area (Å²) in [5.41, 5.74) is 1.62. The summed E-state index contributed by atoms with van der Waals surface area (Å²) in [4.78, 5) is 19.7. The number of carbonyl (C=O) groups excluding carboxylic acids is 1. The number of ether oxygens (including phenoxy) is 2. The summed E-state index contributed by atoms with van der Waals surface area (Å²) >= 11 is 0. The van der Waals surface area contributed by atoms with Crippen LogP contribution in [0.2, 0.25) is 0 Å². The lowest BCUT2D eigenvalue weighted by Crippen LogP contribution is -2.52. The molecule has 6 heteroatoms. The molecule has 3 aliphatic heterocycles. The molecule has 4 heterocycles. The number of nitrogens with one attached hydrogen (secondary N) is 1. The van der Waals surface area contributed by atoms with Crippen LogP contribution < -0.4 is 10.1 Å². The minimum atomic E-state index is -0.610. The van der Waals surface area contributed by atoms with Crippen LogP contribution in [-0.4, -0.2) is 48.7 Å². The van der Waals surface area contributed by atoms with Crippen molar-refractivity contribution in [2.45, 2.75) is 25.0 Å². The number of carbonyl (C=O) groups is 1. The largest absolute Gasteiger partial charge is 0.481 e. The van der Waals surface area contributed by atoms with Crippen LogP contribution in [0.25, 0.3) is 0 Å². The third-order valence-electron chi connectivity index (χ3n) is 5.49. The van der Waals surface area contributed by atoms with Gasteiger partial charge in [-0.2, -0.15) is 0 Å². The van der Waals surface area contributed by atoms with Crippen LogP contribution in [0.15, 0.2) is 48.7 Å².